The molecule has 1 N–H and O–H groups in total. The molecule has 3 aliphatic rings. The molecule has 0 aliphatic carbocycles. The maximum absolute atomic E-state index is 5.80. The molecule has 2 saturated heterocycles. The number of fused-ring (bicyclic) bond motifs is 1. The molecule has 3 heterocycles. The van der Waals surface area contributed by atoms with Crippen LogP contribution in [0.15, 0.2) is 12.1 Å². The van der Waals surface area contributed by atoms with Crippen LogP contribution in [-0.4, -0.2) is 50.5 Å². The first-order valence-corrected chi connectivity index (χ1v) is 10.3. The Kier molecular flexibility index (Phi) is 5.38. The highest BCUT2D eigenvalue weighted by Crippen LogP contribution is 2.35. The second-order valence-corrected chi connectivity index (χ2v) is 9.10. The minimum absolute atomic E-state index is 0.178. The summed E-state index contributed by atoms with van der Waals surface area (Å²) in [4.78, 5) is 2.70. The Bertz CT molecular complexity index is 626. The lowest BCUT2D eigenvalue weighted by atomic mass is 9.80. The zero-order chi connectivity index (χ0) is 18.1. The van der Waals surface area contributed by atoms with Crippen LogP contribution in [0.1, 0.15) is 61.9 Å². The van der Waals surface area contributed by atoms with Crippen LogP contribution >= 0.6 is 0 Å². The van der Waals surface area contributed by atoms with E-state index >= 15 is 0 Å². The van der Waals surface area contributed by atoms with Gasteiger partial charge in [0.15, 0.2) is 0 Å². The first-order chi connectivity index (χ1) is 12.5. The van der Waals surface area contributed by atoms with E-state index in [2.05, 4.69) is 43.1 Å². The van der Waals surface area contributed by atoms with Gasteiger partial charge in [0.1, 0.15) is 0 Å². The Balaban J connectivity index is 1.67. The Morgan fingerprint density at radius 3 is 2.58 bits per heavy atom. The van der Waals surface area contributed by atoms with E-state index in [4.69, 9.17) is 9.47 Å². The van der Waals surface area contributed by atoms with Crippen molar-refractivity contribution in [1.29, 1.82) is 0 Å². The molecular weight excluding hydrogens is 324 g/mol. The standard InChI is InChI=1S/C22H34N2O2/c1-22(2,3)17-12-16-4-8-24(18-5-9-25-10-6-18)14-20(16)19(13-17)21-15-26-11-7-23-21/h12-13,18,21,23H,4-11,14-15H2,1-3H3/t21-/m0/s1. The maximum Gasteiger partial charge on any atom is 0.0662 e. The van der Waals surface area contributed by atoms with Crippen molar-refractivity contribution in [2.24, 2.45) is 0 Å². The fraction of sp³-hybridized carbons (Fsp3) is 0.727. The van der Waals surface area contributed by atoms with Crippen molar-refractivity contribution >= 4 is 0 Å². The van der Waals surface area contributed by atoms with E-state index in [-0.39, 0.29) is 5.41 Å². The van der Waals surface area contributed by atoms with Crippen molar-refractivity contribution in [1.82, 2.24) is 10.2 Å². The molecule has 0 amide bonds. The van der Waals surface area contributed by atoms with Crippen LogP contribution in [0.2, 0.25) is 0 Å². The molecule has 144 valence electrons. The molecule has 1 atom stereocenters. The van der Waals surface area contributed by atoms with Crippen LogP contribution < -0.4 is 5.32 Å². The normalized spacial score (nSPS) is 25.9. The van der Waals surface area contributed by atoms with Gasteiger partial charge in [0.05, 0.1) is 19.3 Å². The van der Waals surface area contributed by atoms with Crippen molar-refractivity contribution in [3.05, 3.63) is 34.4 Å². The smallest absolute Gasteiger partial charge is 0.0662 e. The van der Waals surface area contributed by atoms with E-state index in [0.717, 1.165) is 45.9 Å². The average Bonchev–Trinajstić information content (AvgIpc) is 2.67. The Morgan fingerprint density at radius 2 is 1.88 bits per heavy atom. The fourth-order valence-corrected chi connectivity index (χ4v) is 4.59. The van der Waals surface area contributed by atoms with Crippen LogP contribution in [0.4, 0.5) is 0 Å². The molecule has 4 nitrogen and oxygen atoms in total. The number of rotatable bonds is 2. The maximum atomic E-state index is 5.80. The Hall–Kier alpha value is -0.940. The van der Waals surface area contributed by atoms with Gasteiger partial charge in [-0.15, -0.1) is 0 Å². The van der Waals surface area contributed by atoms with Crippen LogP contribution in [0.25, 0.3) is 0 Å². The lowest BCUT2D eigenvalue weighted by Gasteiger charge is -2.40. The molecule has 26 heavy (non-hydrogen) atoms. The lowest BCUT2D eigenvalue weighted by Crippen LogP contribution is -2.43. The largest absolute Gasteiger partial charge is 0.381 e. The van der Waals surface area contributed by atoms with Crippen molar-refractivity contribution in [2.75, 3.05) is 39.5 Å². The van der Waals surface area contributed by atoms with Crippen LogP contribution in [0.5, 0.6) is 0 Å². The molecule has 1 aromatic rings. The number of nitrogens with one attached hydrogen (secondary N) is 1. The predicted octanol–water partition coefficient (Wildman–Crippen LogP) is 3.18. The third-order valence-electron chi connectivity index (χ3n) is 6.28. The van der Waals surface area contributed by atoms with E-state index in [1.54, 1.807) is 11.1 Å². The summed E-state index contributed by atoms with van der Waals surface area (Å²) >= 11 is 0. The predicted molar refractivity (Wildman–Crippen MR) is 105 cm³/mol. The number of hydrogen-bond donors (Lipinski definition) is 1. The average molecular weight is 359 g/mol. The Morgan fingerprint density at radius 1 is 1.08 bits per heavy atom. The molecule has 3 aliphatic heterocycles. The molecular formula is C22H34N2O2. The van der Waals surface area contributed by atoms with E-state index in [0.29, 0.717) is 12.1 Å². The zero-order valence-corrected chi connectivity index (χ0v) is 16.6. The summed E-state index contributed by atoms with van der Waals surface area (Å²) in [6.45, 7) is 13.6. The van der Waals surface area contributed by atoms with Gasteiger partial charge in [-0.25, -0.2) is 0 Å². The molecule has 0 radical (unpaired) electrons. The molecule has 1 aromatic carbocycles. The summed E-state index contributed by atoms with van der Waals surface area (Å²) in [6.07, 6.45) is 3.52. The summed E-state index contributed by atoms with van der Waals surface area (Å²) in [6, 6.07) is 5.94. The van der Waals surface area contributed by atoms with Gasteiger partial charge in [0.2, 0.25) is 0 Å². The highest BCUT2D eigenvalue weighted by atomic mass is 16.5. The third-order valence-corrected chi connectivity index (χ3v) is 6.28. The van der Waals surface area contributed by atoms with Crippen molar-refractivity contribution in [3.8, 4) is 0 Å². The van der Waals surface area contributed by atoms with Crippen LogP contribution in [0.3, 0.4) is 0 Å². The monoisotopic (exact) mass is 358 g/mol. The van der Waals surface area contributed by atoms with E-state index in [9.17, 15) is 0 Å². The van der Waals surface area contributed by atoms with Gasteiger partial charge < -0.3 is 14.8 Å². The second-order valence-electron chi connectivity index (χ2n) is 9.10. The topological polar surface area (TPSA) is 33.7 Å². The van der Waals surface area contributed by atoms with Gasteiger partial charge in [-0.3, -0.25) is 4.90 Å². The zero-order valence-electron chi connectivity index (χ0n) is 16.6. The lowest BCUT2D eigenvalue weighted by molar-refractivity contribution is 0.0285. The van der Waals surface area contributed by atoms with E-state index in [1.807, 2.05) is 0 Å². The number of nitrogens with zero attached hydrogens (tertiary/aromatic N) is 1. The van der Waals surface area contributed by atoms with Gasteiger partial charge in [0.25, 0.3) is 0 Å². The number of hydrogen-bond acceptors (Lipinski definition) is 4. The first kappa shape index (κ1) is 18.4. The van der Waals surface area contributed by atoms with Gasteiger partial charge >= 0.3 is 0 Å². The molecule has 0 unspecified atom stereocenters. The number of morpholine rings is 1. The molecule has 0 saturated carbocycles. The van der Waals surface area contributed by atoms with Crippen molar-refractivity contribution in [2.45, 2.75) is 64.1 Å². The molecule has 4 rings (SSSR count). The first-order valence-electron chi connectivity index (χ1n) is 10.3. The molecule has 0 aromatic heterocycles. The number of ether oxygens (including phenoxy) is 2. The van der Waals surface area contributed by atoms with E-state index < -0.39 is 0 Å². The summed E-state index contributed by atoms with van der Waals surface area (Å²) in [5, 5.41) is 3.70. The summed E-state index contributed by atoms with van der Waals surface area (Å²) in [5.74, 6) is 0. The summed E-state index contributed by atoms with van der Waals surface area (Å²) in [7, 11) is 0. The minimum Gasteiger partial charge on any atom is -0.381 e. The van der Waals surface area contributed by atoms with Crippen LogP contribution in [-0.2, 0) is 27.9 Å². The molecule has 0 bridgehead atoms. The second kappa shape index (κ2) is 7.59. The molecule has 0 spiro atoms. The van der Waals surface area contributed by atoms with Gasteiger partial charge in [-0.1, -0.05) is 32.9 Å². The van der Waals surface area contributed by atoms with Crippen LogP contribution in [0, 0.1) is 0 Å². The summed E-state index contributed by atoms with van der Waals surface area (Å²) in [5.41, 5.74) is 6.22. The third kappa shape index (κ3) is 3.84. The summed E-state index contributed by atoms with van der Waals surface area (Å²) < 4.78 is 11.4. The molecule has 4 heteroatoms. The van der Waals surface area contributed by atoms with E-state index in [1.165, 1.54) is 30.5 Å². The van der Waals surface area contributed by atoms with Crippen molar-refractivity contribution < 1.29 is 9.47 Å². The highest BCUT2D eigenvalue weighted by molar-refractivity contribution is 5.45. The Labute approximate surface area is 158 Å². The molecule has 2 fully saturated rings. The number of benzene rings is 1. The van der Waals surface area contributed by atoms with Gasteiger partial charge in [-0.2, -0.15) is 0 Å². The SMILES string of the molecule is CC(C)(C)c1cc2c(c([C@@H]3COCCN3)c1)CN(C1CCOCC1)CC2. The quantitative estimate of drug-likeness (QED) is 0.880. The minimum atomic E-state index is 0.178. The highest BCUT2D eigenvalue weighted by Gasteiger charge is 2.30. The van der Waals surface area contributed by atoms with Crippen molar-refractivity contribution in [3.63, 3.8) is 0 Å². The fourth-order valence-electron chi connectivity index (χ4n) is 4.59. The van der Waals surface area contributed by atoms with Gasteiger partial charge in [-0.05, 0) is 46.9 Å². The van der Waals surface area contributed by atoms with Gasteiger partial charge in [0, 0.05) is 38.9 Å².